The number of hydrogen-bond acceptors (Lipinski definition) is 4. The highest BCUT2D eigenvalue weighted by molar-refractivity contribution is 5.36. The zero-order valence-electron chi connectivity index (χ0n) is 11.2. The molecular weight excluding hydrogens is 247 g/mol. The number of halogens is 1. The first kappa shape index (κ1) is 13.5. The predicted molar refractivity (Wildman–Crippen MR) is 69.3 cm³/mol. The molecule has 0 aliphatic carbocycles. The largest absolute Gasteiger partial charge is 0.488 e. The van der Waals surface area contributed by atoms with Gasteiger partial charge in [0.15, 0.2) is 0 Å². The van der Waals surface area contributed by atoms with Gasteiger partial charge in [0.25, 0.3) is 0 Å². The lowest BCUT2D eigenvalue weighted by atomic mass is 10.1. The highest BCUT2D eigenvalue weighted by Crippen LogP contribution is 2.26. The molecule has 0 amide bonds. The third kappa shape index (κ3) is 2.93. The summed E-state index contributed by atoms with van der Waals surface area (Å²) in [6, 6.07) is 4.14. The molecule has 0 saturated heterocycles. The van der Waals surface area contributed by atoms with Gasteiger partial charge in [-0.25, -0.2) is 4.39 Å². The van der Waals surface area contributed by atoms with Gasteiger partial charge in [-0.1, -0.05) is 11.2 Å². The van der Waals surface area contributed by atoms with E-state index in [4.69, 9.17) is 15.0 Å². The van der Waals surface area contributed by atoms with E-state index in [0.29, 0.717) is 11.5 Å². The number of hydrogen-bond donors (Lipinski definition) is 1. The van der Waals surface area contributed by atoms with Crippen molar-refractivity contribution in [3.05, 3.63) is 46.6 Å². The Morgan fingerprint density at radius 2 is 2.16 bits per heavy atom. The Kier molecular flexibility index (Phi) is 3.85. The van der Waals surface area contributed by atoms with Gasteiger partial charge in [0.1, 0.15) is 23.9 Å². The molecule has 0 bridgehead atoms. The van der Waals surface area contributed by atoms with E-state index >= 15 is 0 Å². The van der Waals surface area contributed by atoms with Crippen LogP contribution in [0.25, 0.3) is 0 Å². The van der Waals surface area contributed by atoms with Gasteiger partial charge in [-0.3, -0.25) is 0 Å². The van der Waals surface area contributed by atoms with Crippen LogP contribution in [0.2, 0.25) is 0 Å². The maximum Gasteiger partial charge on any atom is 0.140 e. The van der Waals surface area contributed by atoms with Crippen molar-refractivity contribution >= 4 is 0 Å². The topological polar surface area (TPSA) is 61.3 Å². The quantitative estimate of drug-likeness (QED) is 0.922. The zero-order chi connectivity index (χ0) is 14.0. The van der Waals surface area contributed by atoms with Gasteiger partial charge in [0, 0.05) is 17.7 Å². The predicted octanol–water partition coefficient (Wildman–Crippen LogP) is 3.03. The van der Waals surface area contributed by atoms with Crippen molar-refractivity contribution < 1.29 is 13.7 Å². The molecule has 0 radical (unpaired) electrons. The fourth-order valence-corrected chi connectivity index (χ4v) is 1.87. The van der Waals surface area contributed by atoms with E-state index in [1.54, 1.807) is 6.07 Å². The van der Waals surface area contributed by atoms with E-state index in [0.717, 1.165) is 16.8 Å². The lowest BCUT2D eigenvalue weighted by molar-refractivity contribution is 0.295. The van der Waals surface area contributed by atoms with Crippen LogP contribution < -0.4 is 10.5 Å². The van der Waals surface area contributed by atoms with Crippen LogP contribution >= 0.6 is 0 Å². The second-order valence-electron chi connectivity index (χ2n) is 4.56. The number of nitrogens with zero attached hydrogens (tertiary/aromatic N) is 1. The van der Waals surface area contributed by atoms with Gasteiger partial charge >= 0.3 is 0 Å². The molecule has 0 spiro atoms. The van der Waals surface area contributed by atoms with Crippen molar-refractivity contribution in [1.29, 1.82) is 0 Å². The van der Waals surface area contributed by atoms with Gasteiger partial charge in [0.05, 0.1) is 11.3 Å². The van der Waals surface area contributed by atoms with E-state index < -0.39 is 0 Å². The molecule has 0 aliphatic heterocycles. The number of rotatable bonds is 4. The van der Waals surface area contributed by atoms with Gasteiger partial charge in [0.2, 0.25) is 0 Å². The lowest BCUT2D eigenvalue weighted by Crippen LogP contribution is -2.08. The van der Waals surface area contributed by atoms with Crippen molar-refractivity contribution in [2.24, 2.45) is 5.73 Å². The molecule has 4 nitrogen and oxygen atoms in total. The Morgan fingerprint density at radius 3 is 2.74 bits per heavy atom. The number of aryl methyl sites for hydroxylation is 2. The van der Waals surface area contributed by atoms with E-state index in [9.17, 15) is 4.39 Å². The van der Waals surface area contributed by atoms with Crippen LogP contribution in [-0.2, 0) is 6.61 Å². The molecule has 1 unspecified atom stereocenters. The van der Waals surface area contributed by atoms with E-state index in [1.165, 1.54) is 12.1 Å². The summed E-state index contributed by atoms with van der Waals surface area (Å²) in [5, 5.41) is 3.85. The van der Waals surface area contributed by atoms with Gasteiger partial charge in [-0.15, -0.1) is 0 Å². The molecule has 1 heterocycles. The first-order valence-electron chi connectivity index (χ1n) is 6.08. The fourth-order valence-electron chi connectivity index (χ4n) is 1.87. The van der Waals surface area contributed by atoms with Gasteiger partial charge < -0.3 is 15.0 Å². The van der Waals surface area contributed by atoms with E-state index in [2.05, 4.69) is 5.16 Å². The highest BCUT2D eigenvalue weighted by atomic mass is 19.1. The Morgan fingerprint density at radius 1 is 1.42 bits per heavy atom. The summed E-state index contributed by atoms with van der Waals surface area (Å²) in [5.41, 5.74) is 8.26. The van der Waals surface area contributed by atoms with E-state index in [-0.39, 0.29) is 18.5 Å². The number of ether oxygens (including phenoxy) is 1. The minimum absolute atomic E-state index is 0.222. The molecule has 0 aliphatic rings. The second kappa shape index (κ2) is 5.40. The number of benzene rings is 1. The molecule has 19 heavy (non-hydrogen) atoms. The first-order valence-corrected chi connectivity index (χ1v) is 6.08. The molecule has 2 aromatic rings. The Hall–Kier alpha value is -1.88. The third-order valence-electron chi connectivity index (χ3n) is 3.02. The van der Waals surface area contributed by atoms with Crippen molar-refractivity contribution in [3.63, 3.8) is 0 Å². The van der Waals surface area contributed by atoms with Crippen LogP contribution in [-0.4, -0.2) is 5.16 Å². The second-order valence-corrected chi connectivity index (χ2v) is 4.56. The van der Waals surface area contributed by atoms with E-state index in [1.807, 2.05) is 20.8 Å². The molecule has 2 N–H and O–H groups in total. The zero-order valence-corrected chi connectivity index (χ0v) is 11.2. The van der Waals surface area contributed by atoms with Gasteiger partial charge in [-0.05, 0) is 26.8 Å². The van der Waals surface area contributed by atoms with Gasteiger partial charge in [-0.2, -0.15) is 0 Å². The normalized spacial score (nSPS) is 12.5. The summed E-state index contributed by atoms with van der Waals surface area (Å²) in [6.45, 7) is 5.77. The van der Waals surface area contributed by atoms with Crippen LogP contribution in [0, 0.1) is 19.7 Å². The van der Waals surface area contributed by atoms with Crippen molar-refractivity contribution in [2.45, 2.75) is 33.4 Å². The van der Waals surface area contributed by atoms with Crippen LogP contribution in [0.1, 0.15) is 35.5 Å². The minimum atomic E-state index is -0.349. The monoisotopic (exact) mass is 264 g/mol. The Bertz CT molecular complexity index is 559. The standard InChI is InChI=1S/C14H17FN2O2/c1-8(16)12-5-4-11(15)6-14(12)18-7-13-9(2)17-19-10(13)3/h4-6,8H,7,16H2,1-3H3. The molecular formula is C14H17FN2O2. The molecule has 0 saturated carbocycles. The molecule has 0 fully saturated rings. The summed E-state index contributed by atoms with van der Waals surface area (Å²) >= 11 is 0. The summed E-state index contributed by atoms with van der Waals surface area (Å²) in [6.07, 6.45) is 0. The highest BCUT2D eigenvalue weighted by Gasteiger charge is 2.13. The summed E-state index contributed by atoms with van der Waals surface area (Å²) in [7, 11) is 0. The maximum absolute atomic E-state index is 13.3. The number of aromatic nitrogens is 1. The average Bonchev–Trinajstić information content (AvgIpc) is 2.66. The summed E-state index contributed by atoms with van der Waals surface area (Å²) in [4.78, 5) is 0. The SMILES string of the molecule is Cc1noc(C)c1COc1cc(F)ccc1C(C)N. The van der Waals surface area contributed by atoms with Crippen molar-refractivity contribution in [1.82, 2.24) is 5.16 Å². The average molecular weight is 264 g/mol. The maximum atomic E-state index is 13.3. The molecule has 5 heteroatoms. The summed E-state index contributed by atoms with van der Waals surface area (Å²) < 4.78 is 24.0. The first-order chi connectivity index (χ1) is 8.99. The molecule has 1 aromatic heterocycles. The smallest absolute Gasteiger partial charge is 0.140 e. The molecule has 1 aromatic carbocycles. The van der Waals surface area contributed by atoms with Crippen LogP contribution in [0.4, 0.5) is 4.39 Å². The summed E-state index contributed by atoms with van der Waals surface area (Å²) in [5.74, 6) is 0.810. The Balaban J connectivity index is 2.22. The minimum Gasteiger partial charge on any atom is -0.488 e. The van der Waals surface area contributed by atoms with Crippen LogP contribution in [0.3, 0.4) is 0 Å². The Labute approximate surface area is 111 Å². The fraction of sp³-hybridized carbons (Fsp3) is 0.357. The molecule has 2 rings (SSSR count). The van der Waals surface area contributed by atoms with Crippen LogP contribution in [0.15, 0.2) is 22.7 Å². The lowest BCUT2D eigenvalue weighted by Gasteiger charge is -2.14. The van der Waals surface area contributed by atoms with Crippen molar-refractivity contribution in [2.75, 3.05) is 0 Å². The molecule has 1 atom stereocenters. The molecule has 102 valence electrons. The third-order valence-corrected chi connectivity index (χ3v) is 3.02. The van der Waals surface area contributed by atoms with Crippen LogP contribution in [0.5, 0.6) is 5.75 Å². The number of nitrogens with two attached hydrogens (primary N) is 1. The van der Waals surface area contributed by atoms with Crippen molar-refractivity contribution in [3.8, 4) is 5.75 Å².